The zero-order valence-corrected chi connectivity index (χ0v) is 24.4. The highest BCUT2D eigenvalue weighted by molar-refractivity contribution is 7.99. The topological polar surface area (TPSA) is 97.6 Å². The second-order valence-corrected chi connectivity index (χ2v) is 11.1. The Morgan fingerprint density at radius 1 is 0.780 bits per heavy atom. The Labute approximate surface area is 247 Å². The molecule has 8 heteroatoms. The largest absolute Gasteiger partial charge is 0.507 e. The summed E-state index contributed by atoms with van der Waals surface area (Å²) in [6.45, 7) is 3.16. The minimum absolute atomic E-state index is 0.0149. The second kappa shape index (κ2) is 16.7. The summed E-state index contributed by atoms with van der Waals surface area (Å²) in [6.07, 6.45) is 9.27. The third-order valence-corrected chi connectivity index (χ3v) is 7.53. The Morgan fingerprint density at radius 2 is 1.49 bits per heavy atom. The lowest BCUT2D eigenvalue weighted by Gasteiger charge is -2.14. The Hall–Kier alpha value is -3.46. The molecule has 41 heavy (non-hydrogen) atoms. The molecule has 0 spiro atoms. The summed E-state index contributed by atoms with van der Waals surface area (Å²) in [5.41, 5.74) is 1.32. The van der Waals surface area contributed by atoms with Gasteiger partial charge in [0.05, 0.1) is 12.2 Å². The van der Waals surface area contributed by atoms with Crippen LogP contribution < -0.4 is 4.74 Å². The maximum absolute atomic E-state index is 10.7. The molecular weight excluding hydrogens is 534 g/mol. The second-order valence-electron chi connectivity index (χ2n) is 9.91. The average Bonchev–Trinajstić information content (AvgIpc) is 3.00. The van der Waals surface area contributed by atoms with Crippen molar-refractivity contribution in [1.82, 2.24) is 15.0 Å². The third-order valence-electron chi connectivity index (χ3n) is 6.52. The lowest BCUT2D eigenvalue weighted by molar-refractivity contribution is 0.0109. The highest BCUT2D eigenvalue weighted by Crippen LogP contribution is 2.32. The standard InChI is InChI=1S/C33H39N3O4S/c1-2-3-4-5-6-7-11-20-39-22-26(37)23-40-27-16-19-30(31(38)21-27)33-35-24-34-32(36-33)25-14-17-29(18-15-25)41-28-12-9-8-10-13-28/h8-10,12-19,21,24,26,37-38H,2-7,11,20,22-23H2,1H3. The summed E-state index contributed by atoms with van der Waals surface area (Å²) in [5, 5.41) is 20.9. The first kappa shape index (κ1) is 30.5. The molecule has 0 saturated heterocycles. The summed E-state index contributed by atoms with van der Waals surface area (Å²) in [4.78, 5) is 15.5. The molecular formula is C33H39N3O4S. The quantitative estimate of drug-likeness (QED) is 0.125. The van der Waals surface area contributed by atoms with Crippen molar-refractivity contribution in [1.29, 1.82) is 0 Å². The van der Waals surface area contributed by atoms with Crippen molar-refractivity contribution in [3.8, 4) is 34.3 Å². The van der Waals surface area contributed by atoms with E-state index in [-0.39, 0.29) is 19.0 Å². The van der Waals surface area contributed by atoms with E-state index in [1.54, 1.807) is 23.9 Å². The Morgan fingerprint density at radius 3 is 2.24 bits per heavy atom. The van der Waals surface area contributed by atoms with E-state index in [4.69, 9.17) is 9.47 Å². The number of aromatic nitrogens is 3. The molecule has 0 aliphatic rings. The predicted octanol–water partition coefficient (Wildman–Crippen LogP) is 7.57. The lowest BCUT2D eigenvalue weighted by Crippen LogP contribution is -2.23. The molecule has 0 bridgehead atoms. The van der Waals surface area contributed by atoms with E-state index in [1.807, 2.05) is 42.5 Å². The number of aromatic hydroxyl groups is 1. The minimum atomic E-state index is -0.745. The molecule has 2 N–H and O–H groups in total. The first-order valence-corrected chi connectivity index (χ1v) is 15.2. The van der Waals surface area contributed by atoms with E-state index in [1.165, 1.54) is 49.4 Å². The number of nitrogens with zero attached hydrogens (tertiary/aromatic N) is 3. The minimum Gasteiger partial charge on any atom is -0.507 e. The van der Waals surface area contributed by atoms with Crippen LogP contribution in [-0.2, 0) is 4.74 Å². The zero-order chi connectivity index (χ0) is 28.7. The van der Waals surface area contributed by atoms with E-state index < -0.39 is 6.10 Å². The molecule has 0 aliphatic carbocycles. The van der Waals surface area contributed by atoms with Gasteiger partial charge in [-0.3, -0.25) is 0 Å². The van der Waals surface area contributed by atoms with Crippen molar-refractivity contribution < 1.29 is 19.7 Å². The zero-order valence-electron chi connectivity index (χ0n) is 23.6. The molecule has 0 radical (unpaired) electrons. The molecule has 0 fully saturated rings. The van der Waals surface area contributed by atoms with Gasteiger partial charge in [0.2, 0.25) is 0 Å². The summed E-state index contributed by atoms with van der Waals surface area (Å²) in [7, 11) is 0. The smallest absolute Gasteiger partial charge is 0.167 e. The number of hydrogen-bond acceptors (Lipinski definition) is 8. The molecule has 0 amide bonds. The molecule has 7 nitrogen and oxygen atoms in total. The molecule has 4 aromatic rings. The van der Waals surface area contributed by atoms with Crippen molar-refractivity contribution in [2.45, 2.75) is 67.8 Å². The number of phenolic OH excluding ortho intramolecular Hbond substituents is 1. The van der Waals surface area contributed by atoms with Crippen LogP contribution in [0.4, 0.5) is 0 Å². The molecule has 4 rings (SSSR count). The summed E-state index contributed by atoms with van der Waals surface area (Å²) in [6, 6.07) is 23.2. The van der Waals surface area contributed by atoms with E-state index in [0.717, 1.165) is 23.3 Å². The Bertz CT molecular complexity index is 1320. The van der Waals surface area contributed by atoms with E-state index in [0.29, 0.717) is 29.6 Å². The number of unbranched alkanes of at least 4 members (excludes halogenated alkanes) is 6. The maximum Gasteiger partial charge on any atom is 0.167 e. The van der Waals surface area contributed by atoms with Gasteiger partial charge in [0.25, 0.3) is 0 Å². The van der Waals surface area contributed by atoms with Gasteiger partial charge in [0, 0.05) is 28.0 Å². The van der Waals surface area contributed by atoms with Crippen LogP contribution in [0.5, 0.6) is 11.5 Å². The summed E-state index contributed by atoms with van der Waals surface area (Å²) in [5.74, 6) is 1.31. The van der Waals surface area contributed by atoms with Crippen LogP contribution in [0.2, 0.25) is 0 Å². The number of phenols is 1. The number of hydrogen-bond donors (Lipinski definition) is 2. The molecule has 3 aromatic carbocycles. The van der Waals surface area contributed by atoms with Crippen molar-refractivity contribution in [3.05, 3.63) is 79.1 Å². The van der Waals surface area contributed by atoms with E-state index in [9.17, 15) is 10.2 Å². The summed E-state index contributed by atoms with van der Waals surface area (Å²) >= 11 is 1.69. The van der Waals surface area contributed by atoms with Crippen molar-refractivity contribution in [3.63, 3.8) is 0 Å². The first-order chi connectivity index (χ1) is 20.1. The van der Waals surface area contributed by atoms with Crippen LogP contribution in [0.15, 0.2) is 88.9 Å². The van der Waals surface area contributed by atoms with Crippen molar-refractivity contribution in [2.24, 2.45) is 0 Å². The SMILES string of the molecule is CCCCCCCCCOCC(O)COc1ccc(-c2ncnc(-c3ccc(Sc4ccccc4)cc3)n2)c(O)c1. The first-order valence-electron chi connectivity index (χ1n) is 14.4. The Balaban J connectivity index is 1.25. The molecule has 1 atom stereocenters. The van der Waals surface area contributed by atoms with Crippen LogP contribution in [0.25, 0.3) is 22.8 Å². The number of ether oxygens (including phenoxy) is 2. The van der Waals surface area contributed by atoms with E-state index in [2.05, 4.69) is 34.0 Å². The summed E-state index contributed by atoms with van der Waals surface area (Å²) < 4.78 is 11.3. The molecule has 0 saturated carbocycles. The predicted molar refractivity (Wildman–Crippen MR) is 163 cm³/mol. The van der Waals surface area contributed by atoms with Crippen LogP contribution in [0.1, 0.15) is 51.9 Å². The third kappa shape index (κ3) is 10.1. The van der Waals surface area contributed by atoms with Crippen LogP contribution in [0.3, 0.4) is 0 Å². The number of benzene rings is 3. The Kier molecular flexibility index (Phi) is 12.4. The van der Waals surface area contributed by atoms with Crippen LogP contribution in [0, 0.1) is 0 Å². The van der Waals surface area contributed by atoms with Gasteiger partial charge in [-0.2, -0.15) is 0 Å². The number of aliphatic hydroxyl groups is 1. The normalized spacial score (nSPS) is 11.9. The number of rotatable bonds is 17. The fraction of sp³-hybridized carbons (Fsp3) is 0.364. The van der Waals surface area contributed by atoms with Gasteiger partial charge in [-0.15, -0.1) is 0 Å². The van der Waals surface area contributed by atoms with Gasteiger partial charge in [0.1, 0.15) is 30.5 Å². The molecule has 1 unspecified atom stereocenters. The maximum atomic E-state index is 10.7. The molecule has 0 aliphatic heterocycles. The van der Waals surface area contributed by atoms with Gasteiger partial charge in [-0.25, -0.2) is 15.0 Å². The number of aliphatic hydroxyl groups excluding tert-OH is 1. The van der Waals surface area contributed by atoms with Gasteiger partial charge in [-0.05, 0) is 42.8 Å². The van der Waals surface area contributed by atoms with Crippen LogP contribution in [-0.4, -0.2) is 51.1 Å². The van der Waals surface area contributed by atoms with Gasteiger partial charge in [0.15, 0.2) is 11.6 Å². The van der Waals surface area contributed by atoms with Gasteiger partial charge < -0.3 is 19.7 Å². The van der Waals surface area contributed by atoms with Gasteiger partial charge >= 0.3 is 0 Å². The monoisotopic (exact) mass is 573 g/mol. The fourth-order valence-corrected chi connectivity index (χ4v) is 5.11. The van der Waals surface area contributed by atoms with Crippen LogP contribution >= 0.6 is 11.8 Å². The average molecular weight is 574 g/mol. The highest BCUT2D eigenvalue weighted by Gasteiger charge is 2.13. The van der Waals surface area contributed by atoms with Gasteiger partial charge in [-0.1, -0.05) is 87.5 Å². The fourth-order valence-electron chi connectivity index (χ4n) is 4.27. The molecule has 1 heterocycles. The van der Waals surface area contributed by atoms with Crippen molar-refractivity contribution >= 4 is 11.8 Å². The molecule has 216 valence electrons. The molecule has 1 aromatic heterocycles. The van der Waals surface area contributed by atoms with E-state index >= 15 is 0 Å². The lowest BCUT2D eigenvalue weighted by atomic mass is 10.1. The van der Waals surface area contributed by atoms with Crippen molar-refractivity contribution in [2.75, 3.05) is 19.8 Å². The highest BCUT2D eigenvalue weighted by atomic mass is 32.2.